The number of halogens is 1. The minimum Gasteiger partial charge on any atom is -0.308 e. The standard InChI is InChI=1S/C19H21ClN2O/c1-14-6-5-7-16(12-14)13-21-10-11-22(19(23)15(21)2)18-9-4-3-8-17(18)20/h3-9,12,15H,10-11,13H2,1-2H3. The molecule has 0 spiro atoms. The number of anilines is 1. The Morgan fingerprint density at radius 3 is 2.65 bits per heavy atom. The molecule has 0 aliphatic carbocycles. The quantitative estimate of drug-likeness (QED) is 0.853. The number of piperazine rings is 1. The lowest BCUT2D eigenvalue weighted by Gasteiger charge is -2.39. The number of hydrogen-bond donors (Lipinski definition) is 0. The van der Waals surface area contributed by atoms with Gasteiger partial charge in [-0.05, 0) is 31.5 Å². The third kappa shape index (κ3) is 3.41. The Morgan fingerprint density at radius 2 is 1.91 bits per heavy atom. The molecule has 0 bridgehead atoms. The molecular formula is C19H21ClN2O. The van der Waals surface area contributed by atoms with Crippen LogP contribution in [0.2, 0.25) is 5.02 Å². The Morgan fingerprint density at radius 1 is 1.13 bits per heavy atom. The first kappa shape index (κ1) is 16.0. The van der Waals surface area contributed by atoms with Gasteiger partial charge in [0.05, 0.1) is 16.8 Å². The molecule has 0 aromatic heterocycles. The number of benzene rings is 2. The third-order valence-electron chi connectivity index (χ3n) is 4.39. The number of aryl methyl sites for hydroxylation is 1. The first-order valence-corrected chi connectivity index (χ1v) is 8.29. The molecule has 1 amide bonds. The molecule has 1 heterocycles. The van der Waals surface area contributed by atoms with Crippen molar-refractivity contribution in [2.75, 3.05) is 18.0 Å². The van der Waals surface area contributed by atoms with E-state index in [0.29, 0.717) is 11.6 Å². The van der Waals surface area contributed by atoms with Gasteiger partial charge in [0.25, 0.3) is 0 Å². The van der Waals surface area contributed by atoms with Crippen LogP contribution in [-0.2, 0) is 11.3 Å². The van der Waals surface area contributed by atoms with Crippen LogP contribution in [-0.4, -0.2) is 29.9 Å². The SMILES string of the molecule is Cc1cccc(CN2CCN(c3ccccc3Cl)C(=O)C2C)c1. The number of hydrogen-bond acceptors (Lipinski definition) is 2. The minimum atomic E-state index is -0.152. The lowest BCUT2D eigenvalue weighted by molar-refractivity contribution is -0.125. The Kier molecular flexibility index (Phi) is 4.69. The number of carbonyl (C=O) groups excluding carboxylic acids is 1. The van der Waals surface area contributed by atoms with E-state index in [0.717, 1.165) is 18.8 Å². The second-order valence-corrected chi connectivity index (χ2v) is 6.48. The highest BCUT2D eigenvalue weighted by molar-refractivity contribution is 6.33. The highest BCUT2D eigenvalue weighted by atomic mass is 35.5. The van der Waals surface area contributed by atoms with E-state index in [2.05, 4.69) is 36.1 Å². The molecule has 120 valence electrons. The van der Waals surface area contributed by atoms with Crippen molar-refractivity contribution in [1.82, 2.24) is 4.90 Å². The van der Waals surface area contributed by atoms with Crippen molar-refractivity contribution in [3.05, 3.63) is 64.7 Å². The molecule has 0 N–H and O–H groups in total. The largest absolute Gasteiger partial charge is 0.308 e. The lowest BCUT2D eigenvalue weighted by atomic mass is 10.1. The first-order valence-electron chi connectivity index (χ1n) is 7.92. The Hall–Kier alpha value is -1.84. The number of carbonyl (C=O) groups is 1. The second kappa shape index (κ2) is 6.73. The molecule has 1 aliphatic rings. The zero-order valence-electron chi connectivity index (χ0n) is 13.5. The van der Waals surface area contributed by atoms with Gasteiger partial charge in [-0.1, -0.05) is 53.6 Å². The molecule has 2 aromatic rings. The predicted octanol–water partition coefficient (Wildman–Crippen LogP) is 3.89. The molecule has 1 unspecified atom stereocenters. The van der Waals surface area contributed by atoms with Gasteiger partial charge < -0.3 is 4.90 Å². The van der Waals surface area contributed by atoms with Crippen molar-refractivity contribution >= 4 is 23.2 Å². The summed E-state index contributed by atoms with van der Waals surface area (Å²) < 4.78 is 0. The topological polar surface area (TPSA) is 23.6 Å². The van der Waals surface area contributed by atoms with Gasteiger partial charge in [0.2, 0.25) is 5.91 Å². The van der Waals surface area contributed by atoms with Crippen LogP contribution in [0.25, 0.3) is 0 Å². The van der Waals surface area contributed by atoms with E-state index >= 15 is 0 Å². The predicted molar refractivity (Wildman–Crippen MR) is 94.9 cm³/mol. The number of para-hydroxylation sites is 1. The normalized spacial score (nSPS) is 19.2. The van der Waals surface area contributed by atoms with Gasteiger partial charge in [0.1, 0.15) is 0 Å². The summed E-state index contributed by atoms with van der Waals surface area (Å²) in [5, 5.41) is 0.625. The number of rotatable bonds is 3. The van der Waals surface area contributed by atoms with Crippen LogP contribution >= 0.6 is 11.6 Å². The van der Waals surface area contributed by atoms with Gasteiger partial charge in [0.15, 0.2) is 0 Å². The van der Waals surface area contributed by atoms with Crippen LogP contribution in [0.4, 0.5) is 5.69 Å². The summed E-state index contributed by atoms with van der Waals surface area (Å²) in [5.74, 6) is 0.108. The van der Waals surface area contributed by atoms with E-state index in [9.17, 15) is 4.79 Å². The molecule has 23 heavy (non-hydrogen) atoms. The molecule has 1 saturated heterocycles. The fourth-order valence-corrected chi connectivity index (χ4v) is 3.32. The maximum Gasteiger partial charge on any atom is 0.244 e. The maximum absolute atomic E-state index is 12.8. The van der Waals surface area contributed by atoms with E-state index in [1.807, 2.05) is 31.2 Å². The molecule has 1 fully saturated rings. The van der Waals surface area contributed by atoms with Crippen molar-refractivity contribution in [2.24, 2.45) is 0 Å². The maximum atomic E-state index is 12.8. The second-order valence-electron chi connectivity index (χ2n) is 6.08. The molecule has 0 radical (unpaired) electrons. The zero-order chi connectivity index (χ0) is 16.4. The molecule has 1 aliphatic heterocycles. The van der Waals surface area contributed by atoms with E-state index in [-0.39, 0.29) is 11.9 Å². The summed E-state index contributed by atoms with van der Waals surface area (Å²) in [6.07, 6.45) is 0. The fraction of sp³-hybridized carbons (Fsp3) is 0.316. The zero-order valence-corrected chi connectivity index (χ0v) is 14.3. The summed E-state index contributed by atoms with van der Waals surface area (Å²) >= 11 is 6.25. The summed E-state index contributed by atoms with van der Waals surface area (Å²) in [5.41, 5.74) is 3.30. The summed E-state index contributed by atoms with van der Waals surface area (Å²) in [6.45, 7) is 6.37. The highest BCUT2D eigenvalue weighted by Crippen LogP contribution is 2.28. The molecule has 4 heteroatoms. The van der Waals surface area contributed by atoms with Crippen LogP contribution in [0.3, 0.4) is 0 Å². The van der Waals surface area contributed by atoms with Crippen LogP contribution in [0.15, 0.2) is 48.5 Å². The van der Waals surface area contributed by atoms with Gasteiger partial charge in [-0.2, -0.15) is 0 Å². The van der Waals surface area contributed by atoms with E-state index in [1.54, 1.807) is 4.90 Å². The minimum absolute atomic E-state index is 0.108. The monoisotopic (exact) mass is 328 g/mol. The van der Waals surface area contributed by atoms with Gasteiger partial charge in [-0.3, -0.25) is 9.69 Å². The molecule has 3 rings (SSSR count). The molecular weight excluding hydrogens is 308 g/mol. The Labute approximate surface area is 142 Å². The fourth-order valence-electron chi connectivity index (χ4n) is 3.08. The van der Waals surface area contributed by atoms with Crippen molar-refractivity contribution in [3.63, 3.8) is 0 Å². The Balaban J connectivity index is 1.75. The summed E-state index contributed by atoms with van der Waals surface area (Å²) in [7, 11) is 0. The smallest absolute Gasteiger partial charge is 0.244 e. The van der Waals surface area contributed by atoms with Gasteiger partial charge in [-0.25, -0.2) is 0 Å². The van der Waals surface area contributed by atoms with Crippen LogP contribution in [0.5, 0.6) is 0 Å². The van der Waals surface area contributed by atoms with E-state index in [4.69, 9.17) is 11.6 Å². The average molecular weight is 329 g/mol. The molecule has 3 nitrogen and oxygen atoms in total. The van der Waals surface area contributed by atoms with Crippen molar-refractivity contribution in [2.45, 2.75) is 26.4 Å². The van der Waals surface area contributed by atoms with Crippen molar-refractivity contribution in [1.29, 1.82) is 0 Å². The molecule has 1 atom stereocenters. The summed E-state index contributed by atoms with van der Waals surface area (Å²) in [6, 6.07) is 15.8. The van der Waals surface area contributed by atoms with Crippen molar-refractivity contribution < 1.29 is 4.79 Å². The molecule has 0 saturated carbocycles. The van der Waals surface area contributed by atoms with Crippen molar-refractivity contribution in [3.8, 4) is 0 Å². The number of nitrogens with zero attached hydrogens (tertiary/aromatic N) is 2. The lowest BCUT2D eigenvalue weighted by Crippen LogP contribution is -2.55. The van der Waals surface area contributed by atoms with Gasteiger partial charge >= 0.3 is 0 Å². The van der Waals surface area contributed by atoms with Crippen LogP contribution < -0.4 is 4.90 Å². The third-order valence-corrected chi connectivity index (χ3v) is 4.71. The van der Waals surface area contributed by atoms with E-state index < -0.39 is 0 Å². The highest BCUT2D eigenvalue weighted by Gasteiger charge is 2.32. The average Bonchev–Trinajstić information content (AvgIpc) is 2.53. The van der Waals surface area contributed by atoms with Gasteiger partial charge in [0, 0.05) is 19.6 Å². The number of amides is 1. The molecule has 2 aromatic carbocycles. The van der Waals surface area contributed by atoms with Gasteiger partial charge in [-0.15, -0.1) is 0 Å². The van der Waals surface area contributed by atoms with Crippen LogP contribution in [0, 0.1) is 6.92 Å². The Bertz CT molecular complexity index is 716. The summed E-state index contributed by atoms with van der Waals surface area (Å²) in [4.78, 5) is 16.8. The van der Waals surface area contributed by atoms with E-state index in [1.165, 1.54) is 11.1 Å². The van der Waals surface area contributed by atoms with Crippen LogP contribution in [0.1, 0.15) is 18.1 Å². The first-order chi connectivity index (χ1) is 11.1.